The molecule has 2 N–H and O–H groups in total. The lowest BCUT2D eigenvalue weighted by Crippen LogP contribution is -2.39. The zero-order valence-corrected chi connectivity index (χ0v) is 21.8. The first-order valence-electron chi connectivity index (χ1n) is 12.5. The van der Waals surface area contributed by atoms with Gasteiger partial charge in [0.15, 0.2) is 11.5 Å². The van der Waals surface area contributed by atoms with Crippen LogP contribution < -0.4 is 10.5 Å². The van der Waals surface area contributed by atoms with Crippen molar-refractivity contribution < 1.29 is 27.1 Å². The van der Waals surface area contributed by atoms with E-state index in [0.717, 1.165) is 31.0 Å². The number of pyridine rings is 1. The summed E-state index contributed by atoms with van der Waals surface area (Å²) >= 11 is 0. The first-order chi connectivity index (χ1) is 18.7. The van der Waals surface area contributed by atoms with E-state index in [2.05, 4.69) is 21.5 Å². The van der Waals surface area contributed by atoms with E-state index in [0.29, 0.717) is 30.0 Å². The molecular weight excluding hydrogens is 511 g/mol. The number of alkyl halides is 3. The third kappa shape index (κ3) is 6.03. The average molecular weight is 542 g/mol. The van der Waals surface area contributed by atoms with Crippen LogP contribution in [0.15, 0.2) is 58.1 Å². The molecule has 0 radical (unpaired) electrons. The molecule has 3 heterocycles. The molecule has 1 aliphatic rings. The number of carbonyl (C=O) groups is 1. The van der Waals surface area contributed by atoms with Crippen molar-refractivity contribution in [1.82, 2.24) is 14.9 Å². The van der Waals surface area contributed by atoms with Crippen LogP contribution >= 0.6 is 0 Å². The number of hydrogen-bond acceptors (Lipinski definition) is 7. The van der Waals surface area contributed by atoms with Crippen molar-refractivity contribution in [1.29, 1.82) is 0 Å². The van der Waals surface area contributed by atoms with E-state index in [-0.39, 0.29) is 41.1 Å². The van der Waals surface area contributed by atoms with Gasteiger partial charge in [-0.3, -0.25) is 9.79 Å². The Morgan fingerprint density at radius 1 is 1.26 bits per heavy atom. The SMILES string of the molecule is C=CC=N/C(=C\C)CC1CCN(C(=O)c2nc(-c3ccc(OC)c4nc(C(F)(F)F)ccc34)oc2CN)CC1. The lowest BCUT2D eigenvalue weighted by molar-refractivity contribution is -0.140. The molecule has 1 fully saturated rings. The van der Waals surface area contributed by atoms with Gasteiger partial charge in [0, 0.05) is 36.0 Å². The molecule has 3 aromatic rings. The smallest absolute Gasteiger partial charge is 0.433 e. The fraction of sp³-hybridized carbons (Fsp3) is 0.357. The summed E-state index contributed by atoms with van der Waals surface area (Å²) in [7, 11) is 1.35. The quantitative estimate of drug-likeness (QED) is 0.363. The molecule has 4 rings (SSSR count). The van der Waals surface area contributed by atoms with E-state index in [4.69, 9.17) is 14.9 Å². The molecule has 206 valence electrons. The number of oxazole rings is 1. The second-order valence-corrected chi connectivity index (χ2v) is 9.13. The van der Waals surface area contributed by atoms with Crippen LogP contribution in [0, 0.1) is 5.92 Å². The van der Waals surface area contributed by atoms with Gasteiger partial charge in [-0.15, -0.1) is 0 Å². The van der Waals surface area contributed by atoms with Crippen molar-refractivity contribution in [2.24, 2.45) is 16.6 Å². The Morgan fingerprint density at radius 3 is 2.62 bits per heavy atom. The van der Waals surface area contributed by atoms with Crippen LogP contribution in [-0.2, 0) is 12.7 Å². The Morgan fingerprint density at radius 2 is 2.00 bits per heavy atom. The fourth-order valence-corrected chi connectivity index (χ4v) is 4.65. The average Bonchev–Trinajstić information content (AvgIpc) is 3.38. The lowest BCUT2D eigenvalue weighted by atomic mass is 9.92. The normalized spacial score (nSPS) is 15.3. The number of piperidine rings is 1. The Hall–Kier alpha value is -3.99. The molecular formula is C28H30F3N5O3. The third-order valence-electron chi connectivity index (χ3n) is 6.72. The predicted octanol–water partition coefficient (Wildman–Crippen LogP) is 5.78. The highest BCUT2D eigenvalue weighted by Gasteiger charge is 2.33. The summed E-state index contributed by atoms with van der Waals surface area (Å²) in [6, 6.07) is 5.27. The predicted molar refractivity (Wildman–Crippen MR) is 142 cm³/mol. The first-order valence-corrected chi connectivity index (χ1v) is 12.5. The molecule has 0 atom stereocenters. The number of amides is 1. The van der Waals surface area contributed by atoms with Gasteiger partial charge in [-0.2, -0.15) is 13.2 Å². The van der Waals surface area contributed by atoms with Gasteiger partial charge in [0.25, 0.3) is 5.91 Å². The van der Waals surface area contributed by atoms with Crippen molar-refractivity contribution in [2.45, 2.75) is 38.9 Å². The van der Waals surface area contributed by atoms with Gasteiger partial charge in [0.2, 0.25) is 5.89 Å². The number of fused-ring (bicyclic) bond motifs is 1. The van der Waals surface area contributed by atoms with Gasteiger partial charge >= 0.3 is 6.18 Å². The highest BCUT2D eigenvalue weighted by molar-refractivity contribution is 5.98. The molecule has 0 aliphatic carbocycles. The Kier molecular flexibility index (Phi) is 8.49. The molecule has 2 aromatic heterocycles. The van der Waals surface area contributed by atoms with Crippen LogP contribution in [0.25, 0.3) is 22.4 Å². The number of benzene rings is 1. The summed E-state index contributed by atoms with van der Waals surface area (Å²) < 4.78 is 51.0. The monoisotopic (exact) mass is 541 g/mol. The van der Waals surface area contributed by atoms with Gasteiger partial charge < -0.3 is 19.8 Å². The van der Waals surface area contributed by atoms with E-state index in [1.807, 2.05) is 13.0 Å². The van der Waals surface area contributed by atoms with Crippen LogP contribution in [0.4, 0.5) is 13.2 Å². The number of rotatable bonds is 8. The molecule has 11 heteroatoms. The topological polar surface area (TPSA) is 107 Å². The summed E-state index contributed by atoms with van der Waals surface area (Å²) in [6.45, 7) is 6.63. The number of allylic oxidation sites excluding steroid dienone is 3. The minimum absolute atomic E-state index is 0.00481. The van der Waals surface area contributed by atoms with Crippen LogP contribution in [0.5, 0.6) is 5.75 Å². The molecule has 39 heavy (non-hydrogen) atoms. The van der Waals surface area contributed by atoms with Crippen molar-refractivity contribution in [3.8, 4) is 17.2 Å². The van der Waals surface area contributed by atoms with Gasteiger partial charge in [-0.05, 0) is 56.4 Å². The molecule has 1 saturated heterocycles. The summed E-state index contributed by atoms with van der Waals surface area (Å²) in [5, 5.41) is 0.339. The first kappa shape index (κ1) is 28.0. The second-order valence-electron chi connectivity index (χ2n) is 9.13. The maximum atomic E-state index is 13.4. The van der Waals surface area contributed by atoms with E-state index in [9.17, 15) is 18.0 Å². The summed E-state index contributed by atoms with van der Waals surface area (Å²) in [4.78, 5) is 27.8. The van der Waals surface area contributed by atoms with Gasteiger partial charge in [-0.25, -0.2) is 9.97 Å². The number of methoxy groups -OCH3 is 1. The summed E-state index contributed by atoms with van der Waals surface area (Å²) in [5.74, 6) is 0.538. The number of aromatic nitrogens is 2. The Bertz CT molecular complexity index is 1420. The number of aliphatic imine (C=N–C) groups is 1. The van der Waals surface area contributed by atoms with Gasteiger partial charge in [0.1, 0.15) is 17.0 Å². The molecule has 8 nitrogen and oxygen atoms in total. The van der Waals surface area contributed by atoms with Crippen molar-refractivity contribution in [3.63, 3.8) is 0 Å². The largest absolute Gasteiger partial charge is 0.494 e. The second kappa shape index (κ2) is 11.8. The van der Waals surface area contributed by atoms with Gasteiger partial charge in [-0.1, -0.05) is 18.7 Å². The zero-order chi connectivity index (χ0) is 28.2. The van der Waals surface area contributed by atoms with E-state index >= 15 is 0 Å². The number of halogens is 3. The van der Waals surface area contributed by atoms with Crippen molar-refractivity contribution >= 4 is 23.0 Å². The molecule has 1 amide bonds. The lowest BCUT2D eigenvalue weighted by Gasteiger charge is -2.31. The zero-order valence-electron chi connectivity index (χ0n) is 21.8. The number of nitrogens with zero attached hydrogens (tertiary/aromatic N) is 4. The standard InChI is InChI=1S/C28H30F3N5O3/c1-4-12-33-18(5-2)15-17-10-13-36(14-11-17)27(37)25-22(16-32)39-26(35-25)20-6-8-21(38-3)24-19(20)7-9-23(34-24)28(29,30)31/h4-9,12,17H,1,10-11,13-16,32H2,2-3H3/b18-5-,33-12?. The molecule has 0 spiro atoms. The van der Waals surface area contributed by atoms with Crippen LogP contribution in [0.2, 0.25) is 0 Å². The number of likely N-dealkylation sites (tertiary alicyclic amines) is 1. The Balaban J connectivity index is 1.59. The highest BCUT2D eigenvalue weighted by Crippen LogP contribution is 2.37. The number of ether oxygens (including phenoxy) is 1. The maximum absolute atomic E-state index is 13.4. The van der Waals surface area contributed by atoms with E-state index < -0.39 is 11.9 Å². The van der Waals surface area contributed by atoms with E-state index in [1.165, 1.54) is 19.2 Å². The number of nitrogens with two attached hydrogens (primary N) is 1. The molecule has 0 unspecified atom stereocenters. The minimum Gasteiger partial charge on any atom is -0.494 e. The van der Waals surface area contributed by atoms with Crippen LogP contribution in [0.3, 0.4) is 0 Å². The molecule has 0 saturated carbocycles. The van der Waals surface area contributed by atoms with E-state index in [1.54, 1.807) is 23.3 Å². The maximum Gasteiger partial charge on any atom is 0.433 e. The van der Waals surface area contributed by atoms with Crippen LogP contribution in [0.1, 0.15) is 48.1 Å². The summed E-state index contributed by atoms with van der Waals surface area (Å²) in [5.41, 5.74) is 6.29. The Labute approximate surface area is 224 Å². The van der Waals surface area contributed by atoms with Crippen molar-refractivity contribution in [3.05, 3.63) is 65.8 Å². The third-order valence-corrected chi connectivity index (χ3v) is 6.72. The van der Waals surface area contributed by atoms with Crippen molar-refractivity contribution in [2.75, 3.05) is 20.2 Å². The van der Waals surface area contributed by atoms with Crippen LogP contribution in [-0.4, -0.2) is 47.2 Å². The minimum atomic E-state index is -4.62. The summed E-state index contributed by atoms with van der Waals surface area (Å²) in [6.07, 6.45) is 3.10. The molecule has 0 bridgehead atoms. The molecule has 1 aliphatic heterocycles. The number of hydrogen-bond donors (Lipinski definition) is 1. The van der Waals surface area contributed by atoms with Gasteiger partial charge in [0.05, 0.1) is 13.7 Å². The fourth-order valence-electron chi connectivity index (χ4n) is 4.65. The molecule has 1 aromatic carbocycles. The highest BCUT2D eigenvalue weighted by atomic mass is 19.4. The number of carbonyl (C=O) groups excluding carboxylic acids is 1.